The minimum absolute atomic E-state index is 0. The van der Waals surface area contributed by atoms with Crippen LogP contribution in [0.25, 0.3) is 0 Å². The molecular weight excluding hydrogens is 1360 g/mol. The van der Waals surface area contributed by atoms with E-state index in [1.165, 1.54) is 87.0 Å². The number of piperidine rings is 1. The van der Waals surface area contributed by atoms with Crippen molar-refractivity contribution in [2.45, 2.75) is 347 Å². The number of rotatable bonds is 14. The Labute approximate surface area is 672 Å². The molecule has 0 radical (unpaired) electrons. The molecule has 6 aliphatic rings. The minimum atomic E-state index is 0. The Hall–Kier alpha value is -5.76. The Morgan fingerprint density at radius 2 is 0.569 bits per heavy atom. The van der Waals surface area contributed by atoms with Crippen LogP contribution in [0.3, 0.4) is 0 Å². The minimum Gasteiger partial charge on any atom is -0.338 e. The summed E-state index contributed by atoms with van der Waals surface area (Å²) in [7, 11) is 4.32. The molecule has 0 aliphatic carbocycles. The molecule has 1 aromatic rings. The van der Waals surface area contributed by atoms with Crippen molar-refractivity contribution >= 4 is 35.4 Å². The first-order valence-electron chi connectivity index (χ1n) is 39.5. The smallest absolute Gasteiger partial charge is 0.246 e. The van der Waals surface area contributed by atoms with Gasteiger partial charge in [0.15, 0.2) is 0 Å². The molecular formula is C91H172N12O6. The summed E-state index contributed by atoms with van der Waals surface area (Å²) in [4.78, 5) is 89.1. The summed E-state index contributed by atoms with van der Waals surface area (Å²) in [5.41, 5.74) is 2.02. The number of carbonyl (C=O) groups is 6. The van der Waals surface area contributed by atoms with Gasteiger partial charge in [-0.05, 0) is 258 Å². The summed E-state index contributed by atoms with van der Waals surface area (Å²) in [6.45, 7) is 72.0. The zero-order chi connectivity index (χ0) is 78.8. The Morgan fingerprint density at radius 1 is 0.339 bits per heavy atom. The van der Waals surface area contributed by atoms with Crippen molar-refractivity contribution in [3.8, 4) is 0 Å². The lowest BCUT2D eigenvalue weighted by Crippen LogP contribution is -2.55. The van der Waals surface area contributed by atoms with Gasteiger partial charge in [-0.1, -0.05) is 139 Å². The molecule has 6 atom stereocenters. The molecule has 6 amide bonds. The van der Waals surface area contributed by atoms with Crippen LogP contribution in [0.1, 0.15) is 276 Å². The van der Waals surface area contributed by atoms with E-state index in [1.807, 2.05) is 29.4 Å². The second kappa shape index (κ2) is 53.3. The predicted octanol–water partition coefficient (Wildman–Crippen LogP) is 17.0. The van der Waals surface area contributed by atoms with Crippen molar-refractivity contribution in [3.05, 3.63) is 112 Å². The van der Waals surface area contributed by atoms with E-state index in [0.29, 0.717) is 36.3 Å². The van der Waals surface area contributed by atoms with Gasteiger partial charge in [-0.15, -0.1) is 0 Å². The maximum Gasteiger partial charge on any atom is 0.246 e. The molecule has 3 N–H and O–H groups in total. The normalized spacial score (nSPS) is 20.9. The fourth-order valence-corrected chi connectivity index (χ4v) is 14.5. The number of likely N-dealkylation sites (N-methyl/N-ethyl adjacent to an activating group) is 2. The van der Waals surface area contributed by atoms with Crippen molar-refractivity contribution in [3.63, 3.8) is 0 Å². The second-order valence-corrected chi connectivity index (χ2v) is 35.6. The second-order valence-electron chi connectivity index (χ2n) is 35.6. The monoisotopic (exact) mass is 1530 g/mol. The zero-order valence-electron chi connectivity index (χ0n) is 69.7. The van der Waals surface area contributed by atoms with E-state index in [-0.39, 0.29) is 106 Å². The lowest BCUT2D eigenvalue weighted by molar-refractivity contribution is -0.129. The predicted molar refractivity (Wildman–Crippen MR) is 471 cm³/mol. The van der Waals surface area contributed by atoms with Crippen molar-refractivity contribution in [1.82, 2.24) is 60.0 Å². The van der Waals surface area contributed by atoms with Crippen LogP contribution in [0.4, 0.5) is 0 Å². The van der Waals surface area contributed by atoms with E-state index >= 15 is 0 Å². The third-order valence-electron chi connectivity index (χ3n) is 20.2. The molecule has 6 heterocycles. The molecule has 6 fully saturated rings. The van der Waals surface area contributed by atoms with Crippen LogP contribution in [0.5, 0.6) is 0 Å². The molecule has 109 heavy (non-hydrogen) atoms. The number of carbonyl (C=O) groups excluding carboxylic acids is 6. The van der Waals surface area contributed by atoms with Gasteiger partial charge in [-0.25, -0.2) is 0 Å². The van der Waals surface area contributed by atoms with Gasteiger partial charge in [-0.2, -0.15) is 0 Å². The van der Waals surface area contributed by atoms with Crippen molar-refractivity contribution in [1.29, 1.82) is 0 Å². The summed E-state index contributed by atoms with van der Waals surface area (Å²) in [5.74, 6) is 0.365. The largest absolute Gasteiger partial charge is 0.338 e. The van der Waals surface area contributed by atoms with Gasteiger partial charge in [0.25, 0.3) is 0 Å². The van der Waals surface area contributed by atoms with Crippen molar-refractivity contribution < 1.29 is 28.8 Å². The van der Waals surface area contributed by atoms with Gasteiger partial charge in [0.05, 0.1) is 0 Å². The molecule has 1 aromatic carbocycles. The number of benzene rings is 1. The van der Waals surface area contributed by atoms with E-state index in [2.05, 4.69) is 239 Å². The highest BCUT2D eigenvalue weighted by molar-refractivity contribution is 5.89. The van der Waals surface area contributed by atoms with Crippen LogP contribution >= 0.6 is 0 Å². The number of hydrogen-bond donors (Lipinski definition) is 3. The summed E-state index contributed by atoms with van der Waals surface area (Å²) in [5, 5.41) is 10.7. The molecule has 7 rings (SSSR count). The maximum atomic E-state index is 11.9. The van der Waals surface area contributed by atoms with E-state index in [4.69, 9.17) is 0 Å². The van der Waals surface area contributed by atoms with Crippen LogP contribution in [0.2, 0.25) is 0 Å². The van der Waals surface area contributed by atoms with Crippen LogP contribution in [-0.4, -0.2) is 242 Å². The van der Waals surface area contributed by atoms with Crippen molar-refractivity contribution in [2.75, 3.05) is 92.6 Å². The molecule has 18 nitrogen and oxygen atoms in total. The quantitative estimate of drug-likeness (QED) is 0.151. The van der Waals surface area contributed by atoms with Gasteiger partial charge in [0, 0.05) is 155 Å². The highest BCUT2D eigenvalue weighted by Gasteiger charge is 2.35. The topological polar surface area (TPSA) is 168 Å². The summed E-state index contributed by atoms with van der Waals surface area (Å²) >= 11 is 0. The van der Waals surface area contributed by atoms with Gasteiger partial charge in [0.2, 0.25) is 35.4 Å². The average Bonchev–Trinajstić information content (AvgIpc) is 1.43. The highest BCUT2D eigenvalue weighted by Crippen LogP contribution is 2.28. The third kappa shape index (κ3) is 44.3. The Morgan fingerprint density at radius 3 is 0.807 bits per heavy atom. The third-order valence-corrected chi connectivity index (χ3v) is 20.2. The van der Waals surface area contributed by atoms with E-state index < -0.39 is 0 Å². The van der Waals surface area contributed by atoms with Crippen LogP contribution in [0, 0.1) is 0 Å². The lowest BCUT2D eigenvalue weighted by Gasteiger charge is -2.45. The molecule has 6 saturated heterocycles. The number of nitrogens with one attached hydrogen (secondary N) is 3. The first kappa shape index (κ1) is 110. The summed E-state index contributed by atoms with van der Waals surface area (Å²) < 4.78 is 0. The molecule has 632 valence electrons. The summed E-state index contributed by atoms with van der Waals surface area (Å²) in [6.07, 6.45) is 28.0. The number of amides is 6. The van der Waals surface area contributed by atoms with Gasteiger partial charge in [0.1, 0.15) is 0 Å². The molecule has 6 aliphatic heterocycles. The average molecular weight is 1530 g/mol. The van der Waals surface area contributed by atoms with E-state index in [9.17, 15) is 28.8 Å². The molecule has 0 aromatic heterocycles. The Kier molecular flexibility index (Phi) is 53.6. The Bertz CT molecular complexity index is 2600. The summed E-state index contributed by atoms with van der Waals surface area (Å²) in [6, 6.07) is 13.1. The van der Waals surface area contributed by atoms with E-state index in [0.717, 1.165) is 149 Å². The fourth-order valence-electron chi connectivity index (χ4n) is 14.5. The number of likely N-dealkylation sites (tertiary alicyclic amines) is 6. The van der Waals surface area contributed by atoms with Gasteiger partial charge < -0.3 is 45.3 Å². The van der Waals surface area contributed by atoms with Crippen LogP contribution in [-0.2, 0) is 35.3 Å². The van der Waals surface area contributed by atoms with Gasteiger partial charge in [-0.3, -0.25) is 43.5 Å². The molecule has 0 spiro atoms. The van der Waals surface area contributed by atoms with E-state index in [1.54, 1.807) is 0 Å². The van der Waals surface area contributed by atoms with Crippen LogP contribution in [0.15, 0.2) is 106 Å². The molecule has 18 heteroatoms. The number of hydrogen-bond acceptors (Lipinski definition) is 12. The molecule has 2 unspecified atom stereocenters. The van der Waals surface area contributed by atoms with Crippen LogP contribution < -0.4 is 16.0 Å². The SMILES string of the molecule is C.C.C.C.C.C=CC(=O)N1CCCCC(N(C)C(C)(C)C)C1.C=CC(=O)N1CCCCC(NC(C)(C)C)C1.C=CC(=O)N1CCCC[C@@H](N(C)C(C)(C)C)C1.C=CC(=O)N1CCCC[C@@H](NC(C)(C)C)C1.C=CC(=O)N1CCCC[C@H](NC(C)(C)C)C1.C=CC(=O)N1CCC[C@@H](N(Cc2ccccc2)C(C)(C)C)C1. The lowest BCUT2D eigenvalue weighted by atomic mass is 9.96. The number of nitrogens with zero attached hydrogens (tertiary/aromatic N) is 9. The molecule has 0 saturated carbocycles. The standard InChI is InChI=1S/C19H28N2O.2C14H26N2O.3C13H24N2O.5CH4/c1-5-18(22)20-13-9-12-17(15-20)21(19(2,3)4)14-16-10-7-6-8-11-16;2*1-6-13(17)16-10-8-7-9-12(11-16)15(5)14(2,3)4;3*1-5-12(16)15-9-7-6-8-11(10-15)14-13(2,3)4;;;;;/h5-8,10-11,17H,1,9,12-15H2,2-4H3;2*6,12H,1,7-11H2,2-5H3;3*5,11,14H,1,6-10H2,2-4H3;5*1H4/t17-;12-;;2*11-;;;;;;/m11.10....../s1. The maximum absolute atomic E-state index is 11.9. The fraction of sp³-hybridized carbons (Fsp3) is 0.736. The Balaban J connectivity index is -0.000000604. The highest BCUT2D eigenvalue weighted by atomic mass is 16.2. The first-order valence-corrected chi connectivity index (χ1v) is 39.5. The first-order chi connectivity index (χ1) is 48.4. The zero-order valence-corrected chi connectivity index (χ0v) is 69.7. The van der Waals surface area contributed by atoms with Gasteiger partial charge >= 0.3 is 0 Å². The molecule has 0 bridgehead atoms. The van der Waals surface area contributed by atoms with Crippen molar-refractivity contribution in [2.24, 2.45) is 0 Å².